The summed E-state index contributed by atoms with van der Waals surface area (Å²) < 4.78 is 0.699. The molecule has 1 aliphatic rings. The molecule has 18 heavy (non-hydrogen) atoms. The zero-order valence-electron chi connectivity index (χ0n) is 10.9. The second-order valence-electron chi connectivity index (χ2n) is 5.06. The topological polar surface area (TPSA) is 36.4 Å². The van der Waals surface area contributed by atoms with Crippen LogP contribution in [0.5, 0.6) is 0 Å². The van der Waals surface area contributed by atoms with Crippen LogP contribution < -0.4 is 0 Å². The Kier molecular flexibility index (Phi) is 4.02. The smallest absolute Gasteiger partial charge is 0.272 e. The average molecular weight is 312 g/mol. The summed E-state index contributed by atoms with van der Waals surface area (Å²) in [6.07, 6.45) is 0. The predicted molar refractivity (Wildman–Crippen MR) is 74.5 cm³/mol. The van der Waals surface area contributed by atoms with Gasteiger partial charge in [0.25, 0.3) is 5.91 Å². The monoisotopic (exact) mass is 311 g/mol. The van der Waals surface area contributed by atoms with Gasteiger partial charge >= 0.3 is 0 Å². The lowest BCUT2D eigenvalue weighted by atomic mass is 10.1. The van der Waals surface area contributed by atoms with E-state index in [1.165, 1.54) is 0 Å². The van der Waals surface area contributed by atoms with Crippen molar-refractivity contribution >= 4 is 21.8 Å². The van der Waals surface area contributed by atoms with Gasteiger partial charge in [-0.3, -0.25) is 4.79 Å². The molecule has 1 fully saturated rings. The molecule has 1 amide bonds. The fourth-order valence-electron chi connectivity index (χ4n) is 2.48. The van der Waals surface area contributed by atoms with Crippen LogP contribution in [0, 0.1) is 5.92 Å². The number of carbonyl (C=O) groups excluding carboxylic acids is 1. The number of rotatable bonds is 2. The van der Waals surface area contributed by atoms with E-state index in [-0.39, 0.29) is 5.91 Å². The molecule has 4 nitrogen and oxygen atoms in total. The first kappa shape index (κ1) is 13.5. The number of amides is 1. The number of pyridine rings is 1. The van der Waals surface area contributed by atoms with E-state index in [0.717, 1.165) is 13.1 Å². The Hall–Kier alpha value is -0.940. The molecule has 2 heterocycles. The Morgan fingerprint density at radius 2 is 2.17 bits per heavy atom. The number of halogens is 1. The number of aromatic nitrogens is 1. The van der Waals surface area contributed by atoms with E-state index < -0.39 is 0 Å². The largest absolute Gasteiger partial charge is 0.335 e. The molecular formula is C13H18BrN3O. The minimum atomic E-state index is 0.0208. The van der Waals surface area contributed by atoms with E-state index in [0.29, 0.717) is 22.3 Å². The number of nitrogens with zero attached hydrogens (tertiary/aromatic N) is 3. The summed E-state index contributed by atoms with van der Waals surface area (Å²) in [5, 5.41) is 0. The molecular weight excluding hydrogens is 294 g/mol. The van der Waals surface area contributed by atoms with Crippen LogP contribution in [0.4, 0.5) is 0 Å². The molecule has 2 rings (SSSR count). The van der Waals surface area contributed by atoms with Gasteiger partial charge in [0, 0.05) is 19.1 Å². The second-order valence-corrected chi connectivity index (χ2v) is 5.88. The zero-order chi connectivity index (χ0) is 13.3. The Morgan fingerprint density at radius 3 is 2.72 bits per heavy atom. The van der Waals surface area contributed by atoms with Crippen molar-refractivity contribution in [2.45, 2.75) is 13.0 Å². The van der Waals surface area contributed by atoms with Gasteiger partial charge in [0.05, 0.1) is 0 Å². The van der Waals surface area contributed by atoms with Crippen molar-refractivity contribution < 1.29 is 4.79 Å². The van der Waals surface area contributed by atoms with Crippen LogP contribution in [-0.4, -0.2) is 53.9 Å². The first-order valence-electron chi connectivity index (χ1n) is 6.07. The molecule has 0 spiro atoms. The van der Waals surface area contributed by atoms with Crippen LogP contribution in [0.1, 0.15) is 17.4 Å². The maximum Gasteiger partial charge on any atom is 0.272 e. The molecule has 0 aliphatic carbocycles. The van der Waals surface area contributed by atoms with E-state index in [2.05, 4.69) is 46.8 Å². The highest BCUT2D eigenvalue weighted by Crippen LogP contribution is 2.21. The van der Waals surface area contributed by atoms with Crippen LogP contribution in [0.3, 0.4) is 0 Å². The van der Waals surface area contributed by atoms with Gasteiger partial charge in [-0.15, -0.1) is 0 Å². The first-order valence-corrected chi connectivity index (χ1v) is 6.86. The highest BCUT2D eigenvalue weighted by molar-refractivity contribution is 9.10. The summed E-state index contributed by atoms with van der Waals surface area (Å²) in [7, 11) is 4.12. The Bertz CT molecular complexity index is 450. The Balaban J connectivity index is 2.12. The Labute approximate surface area is 116 Å². The molecule has 0 N–H and O–H groups in total. The van der Waals surface area contributed by atoms with E-state index in [9.17, 15) is 4.79 Å². The molecule has 0 saturated carbocycles. The van der Waals surface area contributed by atoms with Crippen LogP contribution in [0.25, 0.3) is 0 Å². The van der Waals surface area contributed by atoms with Gasteiger partial charge < -0.3 is 9.80 Å². The number of hydrogen-bond acceptors (Lipinski definition) is 3. The van der Waals surface area contributed by atoms with Crippen molar-refractivity contribution in [1.82, 2.24) is 14.8 Å². The summed E-state index contributed by atoms with van der Waals surface area (Å²) in [4.78, 5) is 20.6. The van der Waals surface area contributed by atoms with E-state index in [4.69, 9.17) is 0 Å². The van der Waals surface area contributed by atoms with Gasteiger partial charge in [-0.1, -0.05) is 13.0 Å². The zero-order valence-corrected chi connectivity index (χ0v) is 12.5. The fourth-order valence-corrected chi connectivity index (χ4v) is 2.82. The van der Waals surface area contributed by atoms with Crippen LogP contribution in [0.15, 0.2) is 22.8 Å². The number of carbonyl (C=O) groups is 1. The normalized spacial score (nSPS) is 23.7. The lowest BCUT2D eigenvalue weighted by molar-refractivity contribution is 0.0775. The van der Waals surface area contributed by atoms with E-state index in [1.807, 2.05) is 17.0 Å². The van der Waals surface area contributed by atoms with Crippen LogP contribution >= 0.6 is 15.9 Å². The fraction of sp³-hybridized carbons (Fsp3) is 0.538. The molecule has 0 bridgehead atoms. The van der Waals surface area contributed by atoms with Gasteiger partial charge in [0.15, 0.2) is 0 Å². The van der Waals surface area contributed by atoms with Crippen molar-refractivity contribution in [3.05, 3.63) is 28.5 Å². The molecule has 1 saturated heterocycles. The minimum Gasteiger partial charge on any atom is -0.335 e. The van der Waals surface area contributed by atoms with Crippen molar-refractivity contribution in [1.29, 1.82) is 0 Å². The van der Waals surface area contributed by atoms with Crippen LogP contribution in [0.2, 0.25) is 0 Å². The van der Waals surface area contributed by atoms with Gasteiger partial charge in [0.2, 0.25) is 0 Å². The van der Waals surface area contributed by atoms with Gasteiger partial charge in [0.1, 0.15) is 10.3 Å². The molecule has 0 radical (unpaired) electrons. The summed E-state index contributed by atoms with van der Waals surface area (Å²) in [6, 6.07) is 5.86. The van der Waals surface area contributed by atoms with Crippen molar-refractivity contribution in [2.24, 2.45) is 5.92 Å². The standard InChI is InChI=1S/C13H18BrN3O/c1-9-7-17(8-11(9)16(2)3)13(18)10-5-4-6-12(14)15-10/h4-6,9,11H,7-8H2,1-3H3. The van der Waals surface area contributed by atoms with Gasteiger partial charge in [-0.2, -0.15) is 0 Å². The van der Waals surface area contributed by atoms with Crippen LogP contribution in [-0.2, 0) is 0 Å². The quantitative estimate of drug-likeness (QED) is 0.782. The lowest BCUT2D eigenvalue weighted by Gasteiger charge is -2.22. The van der Waals surface area contributed by atoms with Crippen molar-refractivity contribution in [2.75, 3.05) is 27.2 Å². The second kappa shape index (κ2) is 5.36. The summed E-state index contributed by atoms with van der Waals surface area (Å²) in [6.45, 7) is 3.77. The number of hydrogen-bond donors (Lipinski definition) is 0. The molecule has 2 atom stereocenters. The highest BCUT2D eigenvalue weighted by atomic mass is 79.9. The molecule has 5 heteroatoms. The molecule has 1 aromatic heterocycles. The summed E-state index contributed by atoms with van der Waals surface area (Å²) in [5.74, 6) is 0.517. The molecule has 2 unspecified atom stereocenters. The summed E-state index contributed by atoms with van der Waals surface area (Å²) in [5.41, 5.74) is 0.510. The number of likely N-dealkylation sites (tertiary alicyclic amines) is 1. The highest BCUT2D eigenvalue weighted by Gasteiger charge is 2.34. The van der Waals surface area contributed by atoms with E-state index in [1.54, 1.807) is 6.07 Å². The number of likely N-dealkylation sites (N-methyl/N-ethyl adjacent to an activating group) is 1. The third-order valence-corrected chi connectivity index (χ3v) is 3.90. The molecule has 1 aromatic rings. The minimum absolute atomic E-state index is 0.0208. The molecule has 98 valence electrons. The molecule has 0 aromatic carbocycles. The average Bonchev–Trinajstić information content (AvgIpc) is 2.70. The van der Waals surface area contributed by atoms with E-state index >= 15 is 0 Å². The third kappa shape index (κ3) is 2.72. The predicted octanol–water partition coefficient (Wildman–Crippen LogP) is 1.87. The maximum absolute atomic E-state index is 12.3. The van der Waals surface area contributed by atoms with Crippen molar-refractivity contribution in [3.8, 4) is 0 Å². The third-order valence-electron chi connectivity index (χ3n) is 3.46. The van der Waals surface area contributed by atoms with Crippen molar-refractivity contribution in [3.63, 3.8) is 0 Å². The van der Waals surface area contributed by atoms with Gasteiger partial charge in [-0.25, -0.2) is 4.98 Å². The van der Waals surface area contributed by atoms with Gasteiger partial charge in [-0.05, 0) is 48.1 Å². The summed E-state index contributed by atoms with van der Waals surface area (Å²) >= 11 is 3.30. The Morgan fingerprint density at radius 1 is 1.44 bits per heavy atom. The SMILES string of the molecule is CC1CN(C(=O)c2cccc(Br)n2)CC1N(C)C. The maximum atomic E-state index is 12.3. The first-order chi connectivity index (χ1) is 8.49. The lowest BCUT2D eigenvalue weighted by Crippen LogP contribution is -2.36. The molecule has 1 aliphatic heterocycles.